The van der Waals surface area contributed by atoms with Crippen LogP contribution in [0.25, 0.3) is 218 Å². The second kappa shape index (κ2) is 24.7. The maximum absolute atomic E-state index is 7.50. The fourth-order valence-electron chi connectivity index (χ4n) is 19.6. The van der Waals surface area contributed by atoms with Crippen molar-refractivity contribution in [2.75, 3.05) is 0 Å². The molecule has 114 heavy (non-hydrogen) atoms. The Morgan fingerprint density at radius 1 is 0.246 bits per heavy atom. The van der Waals surface area contributed by atoms with Gasteiger partial charge in [0.2, 0.25) is 0 Å². The van der Waals surface area contributed by atoms with Crippen LogP contribution in [0.15, 0.2) is 365 Å². The zero-order valence-electron chi connectivity index (χ0n) is 63.1. The van der Waals surface area contributed by atoms with Gasteiger partial charge in [0.25, 0.3) is 0 Å². The number of aromatic nitrogens is 1. The lowest BCUT2D eigenvalue weighted by molar-refractivity contribution is 0.660. The van der Waals surface area contributed by atoms with Crippen LogP contribution in [-0.2, 0) is 10.8 Å². The summed E-state index contributed by atoms with van der Waals surface area (Å²) in [4.78, 5) is 3.68. The largest absolute Gasteiger partial charge is 0.455 e. The van der Waals surface area contributed by atoms with Gasteiger partial charge in [-0.05, 0) is 205 Å². The second-order valence-corrected chi connectivity index (χ2v) is 31.9. The molecule has 5 heteroatoms. The van der Waals surface area contributed by atoms with Gasteiger partial charge in [0.05, 0.1) is 17.6 Å². The zero-order chi connectivity index (χ0) is 75.8. The molecule has 25 rings (SSSR count). The van der Waals surface area contributed by atoms with Crippen molar-refractivity contribution < 1.29 is 13.3 Å². The smallest absolute Gasteiger partial charge is 0.187 e. The summed E-state index contributed by atoms with van der Waals surface area (Å²) in [6.45, 7) is 16.7. The summed E-state index contributed by atoms with van der Waals surface area (Å²) in [5.74, 6) is 0. The van der Waals surface area contributed by atoms with Crippen LogP contribution in [-0.4, -0.2) is 4.57 Å². The van der Waals surface area contributed by atoms with Gasteiger partial charge in [0.15, 0.2) is 5.69 Å². The third-order valence-electron chi connectivity index (χ3n) is 25.1. The lowest BCUT2D eigenvalue weighted by Crippen LogP contribution is -2.14. The van der Waals surface area contributed by atoms with Crippen molar-refractivity contribution in [3.05, 3.63) is 386 Å². The number of para-hydroxylation sites is 2. The molecule has 0 saturated carbocycles. The minimum atomic E-state index is -0.193. The number of rotatable bonds is 4. The molecule has 0 spiro atoms. The van der Waals surface area contributed by atoms with Crippen molar-refractivity contribution in [2.45, 2.75) is 38.5 Å². The van der Waals surface area contributed by atoms with E-state index in [1.807, 2.05) is 6.07 Å². The molecule has 534 valence electrons. The summed E-state index contributed by atoms with van der Waals surface area (Å²) in [5.41, 5.74) is 27.0. The predicted molar refractivity (Wildman–Crippen MR) is 478 cm³/mol. The fraction of sp³-hybridized carbons (Fsp3) is 0.0550. The molecule has 23 aromatic rings. The summed E-state index contributed by atoms with van der Waals surface area (Å²) < 4.78 is 22.5. The Labute approximate surface area is 656 Å². The summed E-state index contributed by atoms with van der Waals surface area (Å²) in [6, 6.07) is 126. The first-order valence-electron chi connectivity index (χ1n) is 39.3. The number of benzene rings is 19. The van der Waals surface area contributed by atoms with E-state index in [0.29, 0.717) is 5.69 Å². The maximum Gasteiger partial charge on any atom is 0.187 e. The Hall–Kier alpha value is -14.6. The van der Waals surface area contributed by atoms with Crippen molar-refractivity contribution in [2.24, 2.45) is 0 Å². The number of hydrogen-bond acceptors (Lipinski definition) is 3. The first kappa shape index (κ1) is 65.3. The first-order valence-corrected chi connectivity index (χ1v) is 39.3. The quantitative estimate of drug-likeness (QED) is 0.165. The van der Waals surface area contributed by atoms with Crippen LogP contribution < -0.4 is 0 Å². The van der Waals surface area contributed by atoms with Crippen LogP contribution in [0.5, 0.6) is 0 Å². The molecule has 0 N–H and O–H groups in total. The molecule has 2 aliphatic carbocycles. The summed E-state index contributed by atoms with van der Waals surface area (Å²) >= 11 is 0. The molecule has 0 saturated heterocycles. The van der Waals surface area contributed by atoms with Gasteiger partial charge < -0.3 is 17.8 Å². The molecule has 0 radical (unpaired) electrons. The van der Waals surface area contributed by atoms with Gasteiger partial charge in [-0.25, -0.2) is 4.85 Å². The maximum atomic E-state index is 7.50. The Kier molecular flexibility index (Phi) is 14.2. The summed E-state index contributed by atoms with van der Waals surface area (Å²) in [7, 11) is 0. The van der Waals surface area contributed by atoms with Crippen molar-refractivity contribution in [1.29, 1.82) is 0 Å². The zero-order valence-corrected chi connectivity index (χ0v) is 63.1. The molecule has 2 aliphatic rings. The molecule has 19 aromatic carbocycles. The van der Waals surface area contributed by atoms with Crippen molar-refractivity contribution >= 4 is 158 Å². The molecular formula is C109H70N2O3. The number of furan rings is 3. The molecule has 0 atom stereocenters. The monoisotopic (exact) mass is 1450 g/mol. The Balaban J connectivity index is 0.000000102. The molecule has 4 aromatic heterocycles. The van der Waals surface area contributed by atoms with Crippen LogP contribution >= 0.6 is 0 Å². The Morgan fingerprint density at radius 2 is 0.588 bits per heavy atom. The summed E-state index contributed by atoms with van der Waals surface area (Å²) in [5, 5.41) is 24.3. The van der Waals surface area contributed by atoms with E-state index in [0.717, 1.165) is 61.3 Å². The number of fused-ring (bicyclic) bond motifs is 30. The average Bonchev–Trinajstić information content (AvgIpc) is 1.55. The molecule has 0 bridgehead atoms. The van der Waals surface area contributed by atoms with Gasteiger partial charge in [-0.15, -0.1) is 0 Å². The highest BCUT2D eigenvalue weighted by Gasteiger charge is 2.38. The van der Waals surface area contributed by atoms with E-state index in [2.05, 4.69) is 383 Å². The van der Waals surface area contributed by atoms with Crippen LogP contribution in [0.3, 0.4) is 0 Å². The van der Waals surface area contributed by atoms with Crippen LogP contribution in [0.4, 0.5) is 5.69 Å². The van der Waals surface area contributed by atoms with Crippen molar-refractivity contribution in [1.82, 2.24) is 4.57 Å². The van der Waals surface area contributed by atoms with E-state index in [-0.39, 0.29) is 10.8 Å². The van der Waals surface area contributed by atoms with Gasteiger partial charge in [-0.1, -0.05) is 301 Å². The first-order chi connectivity index (χ1) is 56.0. The SMILES string of the molecule is CC1(C)c2ccccc2-c2ccc(-c3cc4ccccc4c4c3oc3ccc5ccccc5c34)cc21.[C-]#[N+]c1ccc2c(c1)C(C)(C)c1cc(-c3cc4ccccc4c4c3oc3ccc5ccccc5c34)ccc1-2.c1ccc(-n2c3ccccc3c3cc(-c4cc5ccccc5c5c4oc4ccc6ccccc6c45)ccc32)cc1. The average molecular weight is 1460 g/mol. The second-order valence-electron chi connectivity index (χ2n) is 31.9. The highest BCUT2D eigenvalue weighted by Crippen LogP contribution is 2.55. The van der Waals surface area contributed by atoms with E-state index in [4.69, 9.17) is 19.8 Å². The Bertz CT molecular complexity index is 8130. The molecule has 0 amide bonds. The van der Waals surface area contributed by atoms with Gasteiger partial charge in [-0.2, -0.15) is 0 Å². The molecule has 0 fully saturated rings. The molecule has 0 unspecified atom stereocenters. The Morgan fingerprint density at radius 3 is 1.05 bits per heavy atom. The van der Waals surface area contributed by atoms with Crippen LogP contribution in [0.2, 0.25) is 0 Å². The van der Waals surface area contributed by atoms with Crippen LogP contribution in [0.1, 0.15) is 49.9 Å². The molecule has 5 nitrogen and oxygen atoms in total. The molecule has 0 aliphatic heterocycles. The normalized spacial score (nSPS) is 13.2. The van der Waals surface area contributed by atoms with Gasteiger partial charge in [0, 0.05) is 76.3 Å². The molecule has 4 heterocycles. The van der Waals surface area contributed by atoms with Crippen molar-refractivity contribution in [3.63, 3.8) is 0 Å². The highest BCUT2D eigenvalue weighted by molar-refractivity contribution is 6.32. The van der Waals surface area contributed by atoms with Gasteiger partial charge in [0.1, 0.15) is 33.5 Å². The van der Waals surface area contributed by atoms with E-state index in [9.17, 15) is 0 Å². The fourth-order valence-corrected chi connectivity index (χ4v) is 19.6. The minimum Gasteiger partial charge on any atom is -0.455 e. The van der Waals surface area contributed by atoms with E-state index < -0.39 is 0 Å². The minimum absolute atomic E-state index is 0.0397. The third kappa shape index (κ3) is 9.65. The van der Waals surface area contributed by atoms with Gasteiger partial charge >= 0.3 is 0 Å². The predicted octanol–water partition coefficient (Wildman–Crippen LogP) is 30.9. The third-order valence-corrected chi connectivity index (χ3v) is 25.1. The van der Waals surface area contributed by atoms with Gasteiger partial charge in [-0.3, -0.25) is 0 Å². The van der Waals surface area contributed by atoms with Crippen molar-refractivity contribution in [3.8, 4) is 61.3 Å². The standard InChI is InChI=1S/C38H23NO.C36H23NO.C35H24O/c1-2-12-27(13-3-1)39-33-17-9-8-16-30(33)32-23-26(18-20-34(32)39)31-22-25-11-5-7-15-29(25)37-36-28-14-6-4-10-24(28)19-21-35(36)40-38(31)37;1-36(2)30-19-23(12-15-27(30)28-16-14-24(37-3)20-31(28)36)29-18-22-9-5-7-11-26(22)34-33-25-10-6-4-8-21(25)13-17-32(33)38-35(29)34;1-35(2)29-14-8-7-13-26(29)27-17-15-23(20-30(27)35)28-19-22-10-4-6-12-25(22)33-32-24-11-5-3-9-21(24)16-18-31(32)36-34(28)33/h1-23H;4-20H,1-2H3;3-20H,1-2H3. The lowest BCUT2D eigenvalue weighted by atomic mass is 9.81. The number of nitrogens with zero attached hydrogens (tertiary/aromatic N) is 2. The van der Waals surface area contributed by atoms with Crippen LogP contribution in [0, 0.1) is 6.57 Å². The van der Waals surface area contributed by atoms with E-state index in [1.54, 1.807) is 0 Å². The summed E-state index contributed by atoms with van der Waals surface area (Å²) in [6.07, 6.45) is 0. The van der Waals surface area contributed by atoms with E-state index in [1.165, 1.54) is 175 Å². The van der Waals surface area contributed by atoms with E-state index >= 15 is 0 Å². The topological polar surface area (TPSA) is 48.7 Å². The number of hydrogen-bond donors (Lipinski definition) is 0. The lowest BCUT2D eigenvalue weighted by Gasteiger charge is -2.22. The molecular weight excluding hydrogens is 1390 g/mol. The highest BCUT2D eigenvalue weighted by atomic mass is 16.3.